The summed E-state index contributed by atoms with van der Waals surface area (Å²) in [4.78, 5) is 2.35. The van der Waals surface area contributed by atoms with Gasteiger partial charge in [-0.3, -0.25) is 0 Å². The van der Waals surface area contributed by atoms with Crippen LogP contribution in [0.3, 0.4) is 0 Å². The Hall–Kier alpha value is -1.78. The molecule has 110 valence electrons. The smallest absolute Gasteiger partial charge is 0.117 e. The predicted octanol–water partition coefficient (Wildman–Crippen LogP) is 4.15. The highest BCUT2D eigenvalue weighted by atomic mass is 35.5. The number of benzene rings is 2. The highest BCUT2D eigenvalue weighted by Gasteiger charge is 2.16. The van der Waals surface area contributed by atoms with Crippen molar-refractivity contribution < 1.29 is 5.11 Å². The maximum absolute atomic E-state index is 9.76. The van der Waals surface area contributed by atoms with E-state index >= 15 is 0 Å². The van der Waals surface area contributed by atoms with Gasteiger partial charge in [-0.2, -0.15) is 0 Å². The van der Waals surface area contributed by atoms with Crippen molar-refractivity contribution in [3.8, 4) is 5.75 Å². The summed E-state index contributed by atoms with van der Waals surface area (Å²) in [5, 5.41) is 10.4. The minimum absolute atomic E-state index is 0.216. The van der Waals surface area contributed by atoms with Crippen LogP contribution in [-0.2, 0) is 0 Å². The maximum atomic E-state index is 9.76. The van der Waals surface area contributed by atoms with Crippen LogP contribution in [0.5, 0.6) is 5.75 Å². The third-order valence-corrected chi connectivity index (χ3v) is 3.77. The van der Waals surface area contributed by atoms with Gasteiger partial charge in [0.15, 0.2) is 0 Å². The number of hydrogen-bond donors (Lipinski definition) is 2. The summed E-state index contributed by atoms with van der Waals surface area (Å²) in [7, 11) is 0. The standard InChI is InChI=1S/C16H17ClN2OS/c1-3-19(14-9-12(20)6-4-10(14)2)15-8-11(17)5-7-13(15)16(18)21/h4-9,20H,3H2,1-2H3,(H2,18,21). The highest BCUT2D eigenvalue weighted by Crippen LogP contribution is 2.34. The van der Waals surface area contributed by atoms with Crippen LogP contribution < -0.4 is 10.6 Å². The maximum Gasteiger partial charge on any atom is 0.117 e. The molecule has 0 saturated carbocycles. The van der Waals surface area contributed by atoms with E-state index in [-0.39, 0.29) is 5.75 Å². The molecule has 2 rings (SSSR count). The van der Waals surface area contributed by atoms with Crippen LogP contribution in [0.4, 0.5) is 11.4 Å². The van der Waals surface area contributed by atoms with E-state index in [4.69, 9.17) is 29.6 Å². The topological polar surface area (TPSA) is 49.5 Å². The monoisotopic (exact) mass is 320 g/mol. The van der Waals surface area contributed by atoms with Crippen LogP contribution in [0.15, 0.2) is 36.4 Å². The molecule has 2 aromatic rings. The first-order valence-corrected chi connectivity index (χ1v) is 7.39. The number of halogens is 1. The van der Waals surface area contributed by atoms with Gasteiger partial charge in [0.1, 0.15) is 10.7 Å². The normalized spacial score (nSPS) is 10.4. The molecule has 21 heavy (non-hydrogen) atoms. The second-order valence-corrected chi connectivity index (χ2v) is 5.62. The minimum atomic E-state index is 0.216. The van der Waals surface area contributed by atoms with Crippen LogP contribution in [0.2, 0.25) is 5.02 Å². The molecule has 0 aliphatic rings. The number of phenols is 1. The van der Waals surface area contributed by atoms with Crippen LogP contribution in [0.1, 0.15) is 18.1 Å². The number of phenolic OH excluding ortho intramolecular Hbond substituents is 1. The summed E-state index contributed by atoms with van der Waals surface area (Å²) in [6.45, 7) is 4.70. The van der Waals surface area contributed by atoms with Gasteiger partial charge in [0, 0.05) is 28.9 Å². The van der Waals surface area contributed by atoms with Crippen molar-refractivity contribution in [3.05, 3.63) is 52.5 Å². The molecule has 0 radical (unpaired) electrons. The summed E-state index contributed by atoms with van der Waals surface area (Å²) < 4.78 is 0. The lowest BCUT2D eigenvalue weighted by Crippen LogP contribution is -2.22. The van der Waals surface area contributed by atoms with Gasteiger partial charge in [0.2, 0.25) is 0 Å². The van der Waals surface area contributed by atoms with E-state index in [1.165, 1.54) is 0 Å². The quantitative estimate of drug-likeness (QED) is 0.831. The molecule has 5 heteroatoms. The molecule has 0 aromatic heterocycles. The van der Waals surface area contributed by atoms with E-state index in [1.54, 1.807) is 18.2 Å². The summed E-state index contributed by atoms with van der Waals surface area (Å²) in [5.74, 6) is 0.216. The predicted molar refractivity (Wildman–Crippen MR) is 92.9 cm³/mol. The molecule has 0 aliphatic carbocycles. The van der Waals surface area contributed by atoms with E-state index < -0.39 is 0 Å². The largest absolute Gasteiger partial charge is 0.508 e. The Balaban J connectivity index is 2.63. The first kappa shape index (κ1) is 15.6. The van der Waals surface area contributed by atoms with Gasteiger partial charge < -0.3 is 15.7 Å². The summed E-state index contributed by atoms with van der Waals surface area (Å²) in [6, 6.07) is 10.7. The Labute approximate surface area is 135 Å². The Morgan fingerprint density at radius 2 is 1.95 bits per heavy atom. The Kier molecular flexibility index (Phi) is 4.70. The zero-order valence-electron chi connectivity index (χ0n) is 11.9. The molecule has 0 atom stereocenters. The third-order valence-electron chi connectivity index (χ3n) is 3.32. The second-order valence-electron chi connectivity index (χ2n) is 4.74. The van der Waals surface area contributed by atoms with E-state index in [1.807, 2.05) is 36.9 Å². The molecule has 0 unspecified atom stereocenters. The van der Waals surface area contributed by atoms with E-state index in [0.29, 0.717) is 16.6 Å². The fourth-order valence-corrected chi connectivity index (χ4v) is 2.63. The van der Waals surface area contributed by atoms with Gasteiger partial charge in [-0.1, -0.05) is 29.9 Å². The fourth-order valence-electron chi connectivity index (χ4n) is 2.30. The fraction of sp³-hybridized carbons (Fsp3) is 0.188. The first-order chi connectivity index (χ1) is 9.93. The first-order valence-electron chi connectivity index (χ1n) is 6.60. The van der Waals surface area contributed by atoms with Crippen molar-refractivity contribution in [2.75, 3.05) is 11.4 Å². The molecule has 0 bridgehead atoms. The second kappa shape index (κ2) is 6.33. The van der Waals surface area contributed by atoms with Crippen molar-refractivity contribution in [3.63, 3.8) is 0 Å². The van der Waals surface area contributed by atoms with Crippen LogP contribution in [0.25, 0.3) is 0 Å². The zero-order valence-corrected chi connectivity index (χ0v) is 13.5. The molecule has 0 aliphatic heterocycles. The lowest BCUT2D eigenvalue weighted by molar-refractivity contribution is 0.475. The van der Waals surface area contributed by atoms with E-state index in [0.717, 1.165) is 22.5 Å². The zero-order chi connectivity index (χ0) is 15.6. The van der Waals surface area contributed by atoms with Gasteiger partial charge in [-0.25, -0.2) is 0 Å². The lowest BCUT2D eigenvalue weighted by atomic mass is 10.1. The molecular formula is C16H17ClN2OS. The van der Waals surface area contributed by atoms with Gasteiger partial charge in [0.05, 0.1) is 5.69 Å². The average Bonchev–Trinajstić information content (AvgIpc) is 2.43. The van der Waals surface area contributed by atoms with Crippen LogP contribution in [0, 0.1) is 6.92 Å². The number of aromatic hydroxyl groups is 1. The van der Waals surface area contributed by atoms with Crippen molar-refractivity contribution in [2.45, 2.75) is 13.8 Å². The Bertz CT molecular complexity index is 688. The van der Waals surface area contributed by atoms with Crippen LogP contribution >= 0.6 is 23.8 Å². The molecule has 2 aromatic carbocycles. The number of aryl methyl sites for hydroxylation is 1. The number of nitrogens with zero attached hydrogens (tertiary/aromatic N) is 1. The number of nitrogens with two attached hydrogens (primary N) is 1. The summed E-state index contributed by atoms with van der Waals surface area (Å²) in [6.07, 6.45) is 0. The summed E-state index contributed by atoms with van der Waals surface area (Å²) >= 11 is 11.2. The van der Waals surface area contributed by atoms with E-state index in [2.05, 4.69) is 0 Å². The molecule has 0 fully saturated rings. The van der Waals surface area contributed by atoms with Gasteiger partial charge in [0.25, 0.3) is 0 Å². The number of rotatable bonds is 4. The van der Waals surface area contributed by atoms with Gasteiger partial charge in [-0.15, -0.1) is 0 Å². The number of hydrogen-bond acceptors (Lipinski definition) is 3. The lowest BCUT2D eigenvalue weighted by Gasteiger charge is -2.27. The van der Waals surface area contributed by atoms with E-state index in [9.17, 15) is 5.11 Å². The SMILES string of the molecule is CCN(c1cc(O)ccc1C)c1cc(Cl)ccc1C(N)=S. The van der Waals surface area contributed by atoms with Crippen molar-refractivity contribution in [1.29, 1.82) is 0 Å². The Morgan fingerprint density at radius 3 is 2.57 bits per heavy atom. The van der Waals surface area contributed by atoms with Crippen molar-refractivity contribution in [2.24, 2.45) is 5.73 Å². The number of anilines is 2. The van der Waals surface area contributed by atoms with Crippen LogP contribution in [-0.4, -0.2) is 16.6 Å². The van der Waals surface area contributed by atoms with Gasteiger partial charge in [-0.05, 0) is 43.7 Å². The van der Waals surface area contributed by atoms with Gasteiger partial charge >= 0.3 is 0 Å². The average molecular weight is 321 g/mol. The molecule has 0 heterocycles. The molecule has 3 N–H and O–H groups in total. The van der Waals surface area contributed by atoms with Crippen molar-refractivity contribution >= 4 is 40.2 Å². The third kappa shape index (κ3) is 3.28. The Morgan fingerprint density at radius 1 is 1.24 bits per heavy atom. The molecule has 3 nitrogen and oxygen atoms in total. The summed E-state index contributed by atoms with van der Waals surface area (Å²) in [5.41, 5.74) is 9.36. The molecular weight excluding hydrogens is 304 g/mol. The van der Waals surface area contributed by atoms with Crippen molar-refractivity contribution in [1.82, 2.24) is 0 Å². The minimum Gasteiger partial charge on any atom is -0.508 e. The highest BCUT2D eigenvalue weighted by molar-refractivity contribution is 7.80. The molecule has 0 amide bonds. The molecule has 0 spiro atoms. The molecule has 0 saturated heterocycles. The number of thiocarbonyl (C=S) groups is 1.